The fourth-order valence-corrected chi connectivity index (χ4v) is 3.59. The Hall–Kier alpha value is -3.96. The van der Waals surface area contributed by atoms with E-state index in [1.807, 2.05) is 30.3 Å². The zero-order chi connectivity index (χ0) is 22.2. The van der Waals surface area contributed by atoms with Crippen molar-refractivity contribution in [1.29, 1.82) is 0 Å². The van der Waals surface area contributed by atoms with Crippen LogP contribution < -0.4 is 10.9 Å². The molecule has 4 aromatic rings. The maximum absolute atomic E-state index is 11.5. The second kappa shape index (κ2) is 7.70. The molecule has 0 bridgehead atoms. The monoisotopic (exact) mass is 439 g/mol. The smallest absolute Gasteiger partial charge is 0.357 e. The van der Waals surface area contributed by atoms with Gasteiger partial charge in [-0.3, -0.25) is 0 Å². The largest absolute Gasteiger partial charge is 0.476 e. The van der Waals surface area contributed by atoms with Crippen LogP contribution in [0.5, 0.6) is 0 Å². The Kier molecular flexibility index (Phi) is 5.05. The molecule has 5 N–H and O–H groups in total. The molecule has 0 saturated heterocycles. The Morgan fingerprint density at radius 1 is 1.10 bits per heavy atom. The van der Waals surface area contributed by atoms with Crippen molar-refractivity contribution in [3.63, 3.8) is 0 Å². The molecule has 0 unspecified atom stereocenters. The predicted molar refractivity (Wildman–Crippen MR) is 111 cm³/mol. The number of nitrogens with zero attached hydrogens (tertiary/aromatic N) is 3. The molecule has 0 aliphatic heterocycles. The molecule has 2 aromatic heterocycles. The van der Waals surface area contributed by atoms with Crippen LogP contribution in [0.3, 0.4) is 0 Å². The Labute approximate surface area is 176 Å². The zero-order valence-corrected chi connectivity index (χ0v) is 16.8. The lowest BCUT2D eigenvalue weighted by molar-refractivity contribution is 0.0690. The van der Waals surface area contributed by atoms with Crippen LogP contribution in [0.1, 0.15) is 21.6 Å². The first-order valence-electron chi connectivity index (χ1n) is 8.98. The van der Waals surface area contributed by atoms with E-state index in [-0.39, 0.29) is 22.4 Å². The van der Waals surface area contributed by atoms with E-state index in [2.05, 4.69) is 10.1 Å². The Bertz CT molecular complexity index is 1360. The van der Waals surface area contributed by atoms with Gasteiger partial charge in [0, 0.05) is 17.5 Å². The number of carboxylic acid groups (broad SMARTS) is 1. The number of hydrogen-bond acceptors (Lipinski definition) is 7. The predicted octanol–water partition coefficient (Wildman–Crippen LogP) is 2.05. The highest BCUT2D eigenvalue weighted by Gasteiger charge is 2.22. The number of carbonyl (C=O) groups is 1. The van der Waals surface area contributed by atoms with Crippen LogP contribution in [0.15, 0.2) is 70.2 Å². The van der Waals surface area contributed by atoms with Gasteiger partial charge in [0.15, 0.2) is 5.69 Å². The number of carboxylic acids is 1. The van der Waals surface area contributed by atoms with Gasteiger partial charge < -0.3 is 15.3 Å². The van der Waals surface area contributed by atoms with Crippen LogP contribution in [0.4, 0.5) is 5.82 Å². The summed E-state index contributed by atoms with van der Waals surface area (Å²) in [4.78, 5) is 15.0. The third-order valence-electron chi connectivity index (χ3n) is 4.60. The quantitative estimate of drug-likeness (QED) is 0.410. The van der Waals surface area contributed by atoms with Crippen LogP contribution in [-0.4, -0.2) is 34.3 Å². The number of sulfonamides is 1. The maximum Gasteiger partial charge on any atom is 0.357 e. The van der Waals surface area contributed by atoms with E-state index in [4.69, 9.17) is 20.4 Å². The minimum Gasteiger partial charge on any atom is -0.476 e. The average Bonchev–Trinajstić information content (AvgIpc) is 3.34. The number of aromatic carboxylic acids is 1. The minimum atomic E-state index is -3.80. The normalized spacial score (nSPS) is 11.5. The molecule has 10 nitrogen and oxygen atoms in total. The molecule has 0 atom stereocenters. The fraction of sp³-hybridized carbons (Fsp3) is 0.0500. The number of nitrogens with two attached hydrogens (primary N) is 2. The molecule has 2 aromatic carbocycles. The van der Waals surface area contributed by atoms with Gasteiger partial charge in [0.25, 0.3) is 0 Å². The van der Waals surface area contributed by atoms with Crippen LogP contribution in [0.2, 0.25) is 0 Å². The number of benzene rings is 2. The number of anilines is 1. The highest BCUT2D eigenvalue weighted by Crippen LogP contribution is 2.31. The lowest BCUT2D eigenvalue weighted by atomic mass is 10.0. The summed E-state index contributed by atoms with van der Waals surface area (Å²) in [7, 11) is -3.80. The number of aromatic nitrogens is 3. The van der Waals surface area contributed by atoms with Crippen LogP contribution in [0.25, 0.3) is 17.3 Å². The van der Waals surface area contributed by atoms with E-state index in [9.17, 15) is 13.2 Å². The van der Waals surface area contributed by atoms with Gasteiger partial charge in [-0.2, -0.15) is 14.8 Å². The molecule has 4 rings (SSSR count). The Balaban J connectivity index is 1.80. The topological polar surface area (TPSA) is 167 Å². The van der Waals surface area contributed by atoms with Gasteiger partial charge >= 0.3 is 12.0 Å². The van der Waals surface area contributed by atoms with E-state index in [0.717, 1.165) is 17.4 Å². The van der Waals surface area contributed by atoms with Crippen molar-refractivity contribution in [2.45, 2.75) is 11.3 Å². The van der Waals surface area contributed by atoms with E-state index in [1.165, 1.54) is 16.8 Å². The van der Waals surface area contributed by atoms with Crippen molar-refractivity contribution in [3.05, 3.63) is 77.7 Å². The molecule has 2 heterocycles. The molecule has 0 fully saturated rings. The summed E-state index contributed by atoms with van der Waals surface area (Å²) in [5.74, 6) is -1.02. The molecule has 0 aliphatic rings. The number of oxazole rings is 1. The number of hydrogen-bond donors (Lipinski definition) is 3. The van der Waals surface area contributed by atoms with E-state index in [1.54, 1.807) is 12.1 Å². The average molecular weight is 439 g/mol. The lowest BCUT2D eigenvalue weighted by Gasteiger charge is -2.06. The molecule has 11 heteroatoms. The van der Waals surface area contributed by atoms with Gasteiger partial charge in [-0.05, 0) is 17.7 Å². The fourth-order valence-electron chi connectivity index (χ4n) is 3.07. The molecule has 0 radical (unpaired) electrons. The zero-order valence-electron chi connectivity index (χ0n) is 16.0. The summed E-state index contributed by atoms with van der Waals surface area (Å²) in [6.45, 7) is 0. The van der Waals surface area contributed by atoms with Crippen molar-refractivity contribution < 1.29 is 22.7 Å². The third kappa shape index (κ3) is 4.04. The Morgan fingerprint density at radius 2 is 1.77 bits per heavy atom. The molecule has 0 spiro atoms. The van der Waals surface area contributed by atoms with Crippen molar-refractivity contribution in [2.24, 2.45) is 5.14 Å². The second-order valence-corrected chi connectivity index (χ2v) is 8.24. The highest BCUT2D eigenvalue weighted by molar-refractivity contribution is 7.89. The van der Waals surface area contributed by atoms with Crippen LogP contribution >= 0.6 is 0 Å². The summed E-state index contributed by atoms with van der Waals surface area (Å²) in [6.07, 6.45) is 1.33. The van der Waals surface area contributed by atoms with Gasteiger partial charge in [0.2, 0.25) is 10.0 Å². The van der Waals surface area contributed by atoms with Gasteiger partial charge in [0.05, 0.1) is 10.6 Å². The van der Waals surface area contributed by atoms with Crippen molar-refractivity contribution >= 4 is 21.8 Å². The van der Waals surface area contributed by atoms with E-state index >= 15 is 0 Å². The summed E-state index contributed by atoms with van der Waals surface area (Å²) in [6, 6.07) is 15.3. The Morgan fingerprint density at radius 3 is 2.35 bits per heavy atom. The minimum absolute atomic E-state index is 0.00388. The second-order valence-electron chi connectivity index (χ2n) is 6.68. The van der Waals surface area contributed by atoms with Crippen LogP contribution in [0, 0.1) is 0 Å². The molecular formula is C20H17N5O5S. The van der Waals surface area contributed by atoms with Gasteiger partial charge in [-0.1, -0.05) is 42.5 Å². The van der Waals surface area contributed by atoms with E-state index < -0.39 is 16.0 Å². The molecular weight excluding hydrogens is 422 g/mol. The summed E-state index contributed by atoms with van der Waals surface area (Å²) in [5, 5.41) is 18.7. The first kappa shape index (κ1) is 20.3. The molecule has 31 heavy (non-hydrogen) atoms. The molecule has 0 amide bonds. The highest BCUT2D eigenvalue weighted by atomic mass is 32.2. The van der Waals surface area contributed by atoms with Gasteiger partial charge in [-0.15, -0.1) is 0 Å². The molecule has 0 aliphatic carbocycles. The van der Waals surface area contributed by atoms with Crippen molar-refractivity contribution in [2.75, 3.05) is 5.73 Å². The molecule has 0 saturated carbocycles. The number of nitrogen functional groups attached to an aromatic ring is 1. The van der Waals surface area contributed by atoms with Crippen molar-refractivity contribution in [3.8, 4) is 17.3 Å². The standard InChI is InChI=1S/C20H17N5O5S/c21-18-15(10-12-6-8-14(9-7-12)31(22,28)29)17(13-4-2-1-3-5-13)24-25(18)20-23-16(11-30-20)19(26)27/h1-9,11H,10,21H2,(H,26,27)(H2,22,28,29). The first-order chi connectivity index (χ1) is 14.7. The lowest BCUT2D eigenvalue weighted by Crippen LogP contribution is -2.11. The third-order valence-corrected chi connectivity index (χ3v) is 5.52. The van der Waals surface area contributed by atoms with E-state index in [0.29, 0.717) is 17.7 Å². The summed E-state index contributed by atoms with van der Waals surface area (Å²) < 4.78 is 29.5. The van der Waals surface area contributed by atoms with Gasteiger partial charge in [-0.25, -0.2) is 18.4 Å². The summed E-state index contributed by atoms with van der Waals surface area (Å²) in [5.41, 5.74) is 8.83. The maximum atomic E-state index is 11.5. The van der Waals surface area contributed by atoms with Crippen molar-refractivity contribution in [1.82, 2.24) is 14.8 Å². The van der Waals surface area contributed by atoms with Crippen LogP contribution in [-0.2, 0) is 16.4 Å². The summed E-state index contributed by atoms with van der Waals surface area (Å²) >= 11 is 0. The number of rotatable bonds is 6. The van der Waals surface area contributed by atoms with Gasteiger partial charge in [0.1, 0.15) is 12.1 Å². The first-order valence-corrected chi connectivity index (χ1v) is 10.5. The number of primary sulfonamides is 1. The molecule has 158 valence electrons. The SMILES string of the molecule is Nc1c(Cc2ccc(S(N)(=O)=O)cc2)c(-c2ccccc2)nn1-c1nc(C(=O)O)co1.